The van der Waals surface area contributed by atoms with E-state index in [2.05, 4.69) is 27.4 Å². The van der Waals surface area contributed by atoms with E-state index in [1.54, 1.807) is 5.51 Å². The van der Waals surface area contributed by atoms with E-state index in [1.807, 2.05) is 5.38 Å². The third-order valence-corrected chi connectivity index (χ3v) is 3.52. The lowest BCUT2D eigenvalue weighted by Crippen LogP contribution is -2.08. The molecule has 2 aromatic rings. The van der Waals surface area contributed by atoms with Gasteiger partial charge in [-0.2, -0.15) is 4.98 Å². The predicted octanol–water partition coefficient (Wildman–Crippen LogP) is 1.52. The van der Waals surface area contributed by atoms with Crippen LogP contribution in [0.5, 0.6) is 0 Å². The lowest BCUT2D eigenvalue weighted by Gasteiger charge is -2.07. The predicted molar refractivity (Wildman–Crippen MR) is 60.2 cm³/mol. The maximum absolute atomic E-state index is 5.31. The Morgan fingerprint density at radius 1 is 1.50 bits per heavy atom. The van der Waals surface area contributed by atoms with E-state index in [9.17, 15) is 0 Å². The molecule has 1 aliphatic heterocycles. The van der Waals surface area contributed by atoms with Crippen LogP contribution in [0.25, 0.3) is 11.5 Å². The molecule has 2 aromatic heterocycles. The van der Waals surface area contributed by atoms with Crippen molar-refractivity contribution in [3.05, 3.63) is 16.8 Å². The molecule has 1 aliphatic rings. The zero-order valence-electron chi connectivity index (χ0n) is 8.88. The maximum Gasteiger partial charge on any atom is 0.231 e. The van der Waals surface area contributed by atoms with Crippen LogP contribution in [0.3, 0.4) is 0 Å². The topological polar surface area (TPSA) is 63.8 Å². The average Bonchev–Trinajstić information content (AvgIpc) is 2.96. The SMILES string of the molecule is CC1CNCC1c1nc(-c2cscn2)no1. The normalized spacial score (nSPS) is 25.1. The Labute approximate surface area is 96.9 Å². The van der Waals surface area contributed by atoms with E-state index in [0.29, 0.717) is 17.7 Å². The molecule has 0 aliphatic carbocycles. The highest BCUT2D eigenvalue weighted by atomic mass is 32.1. The fourth-order valence-electron chi connectivity index (χ4n) is 1.95. The molecule has 0 saturated carbocycles. The van der Waals surface area contributed by atoms with Crippen LogP contribution in [-0.4, -0.2) is 28.2 Å². The van der Waals surface area contributed by atoms with Crippen LogP contribution < -0.4 is 5.32 Å². The van der Waals surface area contributed by atoms with Crippen LogP contribution in [0.4, 0.5) is 0 Å². The van der Waals surface area contributed by atoms with E-state index in [4.69, 9.17) is 4.52 Å². The fourth-order valence-corrected chi connectivity index (χ4v) is 2.48. The van der Waals surface area contributed by atoms with Crippen LogP contribution in [0.1, 0.15) is 18.7 Å². The second-order valence-corrected chi connectivity index (χ2v) is 4.79. The first-order valence-corrected chi connectivity index (χ1v) is 6.22. The minimum absolute atomic E-state index is 0.333. The smallest absolute Gasteiger partial charge is 0.231 e. The molecule has 6 heteroatoms. The lowest BCUT2D eigenvalue weighted by atomic mass is 9.98. The summed E-state index contributed by atoms with van der Waals surface area (Å²) in [6.07, 6.45) is 0. The van der Waals surface area contributed by atoms with Gasteiger partial charge in [-0.05, 0) is 12.5 Å². The average molecular weight is 236 g/mol. The first-order chi connectivity index (χ1) is 7.84. The van der Waals surface area contributed by atoms with Gasteiger partial charge in [0.1, 0.15) is 5.69 Å². The second kappa shape index (κ2) is 3.95. The summed E-state index contributed by atoms with van der Waals surface area (Å²) in [4.78, 5) is 8.57. The van der Waals surface area contributed by atoms with Crippen molar-refractivity contribution in [2.24, 2.45) is 5.92 Å². The standard InChI is InChI=1S/C10H12N4OS/c1-6-2-11-3-7(6)10-13-9(14-15-10)8-4-16-5-12-8/h4-7,11H,2-3H2,1H3. The molecule has 3 heterocycles. The van der Waals surface area contributed by atoms with Crippen molar-refractivity contribution >= 4 is 11.3 Å². The summed E-state index contributed by atoms with van der Waals surface area (Å²) in [6, 6.07) is 0. The Hall–Kier alpha value is -1.27. The van der Waals surface area contributed by atoms with Crippen LogP contribution in [0.2, 0.25) is 0 Å². The summed E-state index contributed by atoms with van der Waals surface area (Å²) < 4.78 is 5.31. The lowest BCUT2D eigenvalue weighted by molar-refractivity contribution is 0.340. The molecular weight excluding hydrogens is 224 g/mol. The highest BCUT2D eigenvalue weighted by Crippen LogP contribution is 2.27. The van der Waals surface area contributed by atoms with E-state index in [-0.39, 0.29) is 0 Å². The number of thiazole rings is 1. The molecule has 2 atom stereocenters. The van der Waals surface area contributed by atoms with Gasteiger partial charge < -0.3 is 9.84 Å². The van der Waals surface area contributed by atoms with Gasteiger partial charge in [0, 0.05) is 11.9 Å². The van der Waals surface area contributed by atoms with E-state index >= 15 is 0 Å². The monoisotopic (exact) mass is 236 g/mol. The highest BCUT2D eigenvalue weighted by Gasteiger charge is 2.29. The molecular formula is C10H12N4OS. The Bertz CT molecular complexity index is 467. The van der Waals surface area contributed by atoms with Gasteiger partial charge in [0.05, 0.1) is 11.4 Å². The third kappa shape index (κ3) is 1.64. The first-order valence-electron chi connectivity index (χ1n) is 5.27. The third-order valence-electron chi connectivity index (χ3n) is 2.94. The Morgan fingerprint density at radius 3 is 3.12 bits per heavy atom. The quantitative estimate of drug-likeness (QED) is 0.856. The van der Waals surface area contributed by atoms with Crippen LogP contribution in [0, 0.1) is 5.92 Å². The molecule has 16 heavy (non-hydrogen) atoms. The summed E-state index contributed by atoms with van der Waals surface area (Å²) in [7, 11) is 0. The zero-order valence-corrected chi connectivity index (χ0v) is 9.70. The van der Waals surface area contributed by atoms with Crippen LogP contribution >= 0.6 is 11.3 Å². The molecule has 2 unspecified atom stereocenters. The van der Waals surface area contributed by atoms with Gasteiger partial charge >= 0.3 is 0 Å². The number of aromatic nitrogens is 3. The van der Waals surface area contributed by atoms with Gasteiger partial charge in [-0.3, -0.25) is 0 Å². The maximum atomic E-state index is 5.31. The number of rotatable bonds is 2. The van der Waals surface area contributed by atoms with Crippen molar-refractivity contribution < 1.29 is 4.52 Å². The number of nitrogens with one attached hydrogen (secondary N) is 1. The van der Waals surface area contributed by atoms with Gasteiger partial charge in [0.15, 0.2) is 0 Å². The largest absolute Gasteiger partial charge is 0.339 e. The Kier molecular flexibility index (Phi) is 2.45. The number of hydrogen-bond acceptors (Lipinski definition) is 6. The van der Waals surface area contributed by atoms with Gasteiger partial charge in [-0.1, -0.05) is 12.1 Å². The number of hydrogen-bond donors (Lipinski definition) is 1. The van der Waals surface area contributed by atoms with Gasteiger partial charge in [-0.15, -0.1) is 11.3 Å². The van der Waals surface area contributed by atoms with Crippen molar-refractivity contribution in [3.63, 3.8) is 0 Å². The van der Waals surface area contributed by atoms with Crippen molar-refractivity contribution in [1.29, 1.82) is 0 Å². The molecule has 84 valence electrons. The zero-order chi connectivity index (χ0) is 11.0. The molecule has 1 saturated heterocycles. The summed E-state index contributed by atoms with van der Waals surface area (Å²) in [5.41, 5.74) is 2.56. The van der Waals surface area contributed by atoms with Crippen molar-refractivity contribution in [2.75, 3.05) is 13.1 Å². The second-order valence-electron chi connectivity index (χ2n) is 4.07. The fraction of sp³-hybridized carbons (Fsp3) is 0.500. The van der Waals surface area contributed by atoms with Crippen LogP contribution in [-0.2, 0) is 0 Å². The molecule has 1 N–H and O–H groups in total. The molecule has 5 nitrogen and oxygen atoms in total. The highest BCUT2D eigenvalue weighted by molar-refractivity contribution is 7.07. The molecule has 3 rings (SSSR count). The van der Waals surface area contributed by atoms with Crippen molar-refractivity contribution in [3.8, 4) is 11.5 Å². The minimum Gasteiger partial charge on any atom is -0.339 e. The van der Waals surface area contributed by atoms with Gasteiger partial charge in [0.25, 0.3) is 0 Å². The summed E-state index contributed by atoms with van der Waals surface area (Å²) >= 11 is 1.53. The number of nitrogens with zero attached hydrogens (tertiary/aromatic N) is 3. The molecule has 0 spiro atoms. The molecule has 1 fully saturated rings. The van der Waals surface area contributed by atoms with Crippen molar-refractivity contribution in [2.45, 2.75) is 12.8 Å². The Balaban J connectivity index is 1.88. The molecule has 0 amide bonds. The van der Waals surface area contributed by atoms with Gasteiger partial charge in [0.2, 0.25) is 11.7 Å². The first kappa shape index (κ1) is 9.92. The Morgan fingerprint density at radius 2 is 2.44 bits per heavy atom. The summed E-state index contributed by atoms with van der Waals surface area (Å²) in [5, 5.41) is 9.21. The molecule has 0 radical (unpaired) electrons. The van der Waals surface area contributed by atoms with Gasteiger partial charge in [-0.25, -0.2) is 4.98 Å². The van der Waals surface area contributed by atoms with E-state index in [0.717, 1.165) is 24.7 Å². The van der Waals surface area contributed by atoms with Crippen LogP contribution in [0.15, 0.2) is 15.4 Å². The summed E-state index contributed by atoms with van der Waals surface area (Å²) in [6.45, 7) is 4.12. The van der Waals surface area contributed by atoms with E-state index in [1.165, 1.54) is 11.3 Å². The molecule has 0 bridgehead atoms. The summed E-state index contributed by atoms with van der Waals surface area (Å²) in [5.74, 6) is 2.19. The van der Waals surface area contributed by atoms with E-state index < -0.39 is 0 Å². The molecule has 0 aromatic carbocycles. The van der Waals surface area contributed by atoms with Crippen molar-refractivity contribution in [1.82, 2.24) is 20.4 Å². The minimum atomic E-state index is 0.333.